The van der Waals surface area contributed by atoms with Gasteiger partial charge in [-0.05, 0) is 20.8 Å². The van der Waals surface area contributed by atoms with Crippen molar-refractivity contribution in [2.75, 3.05) is 26.4 Å². The first kappa shape index (κ1) is 11.8. The standard InChI is InChI=1S/C8H17O4/c1-4-10-8(7-9,11-5-2)12-6-3/h4-7H2,1-3H3. The Morgan fingerprint density at radius 1 is 0.917 bits per heavy atom. The molecule has 0 aliphatic rings. The Bertz CT molecular complexity index is 88.2. The maximum absolute atomic E-state index is 10.7. The lowest BCUT2D eigenvalue weighted by Gasteiger charge is -2.29. The van der Waals surface area contributed by atoms with Crippen molar-refractivity contribution in [3.63, 3.8) is 0 Å². The van der Waals surface area contributed by atoms with Crippen LogP contribution in [0.1, 0.15) is 20.8 Å². The van der Waals surface area contributed by atoms with Gasteiger partial charge >= 0.3 is 5.97 Å². The van der Waals surface area contributed by atoms with Crippen molar-refractivity contribution in [1.29, 1.82) is 0 Å². The first-order chi connectivity index (χ1) is 5.74. The van der Waals surface area contributed by atoms with Crippen LogP contribution in [0, 0.1) is 0 Å². The van der Waals surface area contributed by atoms with E-state index in [1.165, 1.54) is 0 Å². The zero-order valence-corrected chi connectivity index (χ0v) is 7.96. The first-order valence-electron chi connectivity index (χ1n) is 4.24. The second-order valence-electron chi connectivity index (χ2n) is 2.13. The van der Waals surface area contributed by atoms with Crippen LogP contribution in [-0.4, -0.2) is 32.4 Å². The molecule has 73 valence electrons. The molecule has 0 heterocycles. The summed E-state index contributed by atoms with van der Waals surface area (Å²) in [4.78, 5) is 0. The third-order valence-electron chi connectivity index (χ3n) is 1.27. The van der Waals surface area contributed by atoms with Crippen LogP contribution >= 0.6 is 0 Å². The Labute approximate surface area is 73.4 Å². The van der Waals surface area contributed by atoms with Crippen LogP contribution in [0.2, 0.25) is 0 Å². The van der Waals surface area contributed by atoms with E-state index < -0.39 is 12.6 Å². The fraction of sp³-hybridized carbons (Fsp3) is 1.00. The van der Waals surface area contributed by atoms with Crippen LogP contribution in [0.3, 0.4) is 0 Å². The highest BCUT2D eigenvalue weighted by Gasteiger charge is 2.32. The molecule has 12 heavy (non-hydrogen) atoms. The molecule has 0 saturated heterocycles. The molecule has 4 nitrogen and oxygen atoms in total. The lowest BCUT2D eigenvalue weighted by atomic mass is 10.5. The van der Waals surface area contributed by atoms with Crippen LogP contribution in [0.25, 0.3) is 0 Å². The van der Waals surface area contributed by atoms with E-state index in [0.717, 1.165) is 0 Å². The van der Waals surface area contributed by atoms with Gasteiger partial charge in [-0.15, -0.1) is 0 Å². The Morgan fingerprint density at radius 2 is 1.25 bits per heavy atom. The Morgan fingerprint density at radius 3 is 1.42 bits per heavy atom. The van der Waals surface area contributed by atoms with Gasteiger partial charge in [0.25, 0.3) is 0 Å². The Hall–Kier alpha value is -0.160. The van der Waals surface area contributed by atoms with Gasteiger partial charge in [-0.25, -0.2) is 5.11 Å². The van der Waals surface area contributed by atoms with Gasteiger partial charge in [-0.3, -0.25) is 0 Å². The molecule has 0 rings (SSSR count). The summed E-state index contributed by atoms with van der Waals surface area (Å²) in [6.07, 6.45) is 0. The van der Waals surface area contributed by atoms with E-state index in [1.54, 1.807) is 20.8 Å². The molecule has 0 bridgehead atoms. The van der Waals surface area contributed by atoms with Gasteiger partial charge in [0.2, 0.25) is 0 Å². The molecule has 0 aromatic carbocycles. The third-order valence-corrected chi connectivity index (χ3v) is 1.27. The summed E-state index contributed by atoms with van der Waals surface area (Å²) in [7, 11) is 0. The molecule has 0 spiro atoms. The van der Waals surface area contributed by atoms with E-state index in [2.05, 4.69) is 0 Å². The second-order valence-corrected chi connectivity index (χ2v) is 2.13. The molecule has 0 aromatic heterocycles. The fourth-order valence-electron chi connectivity index (χ4n) is 0.910. The quantitative estimate of drug-likeness (QED) is 0.548. The van der Waals surface area contributed by atoms with Crippen molar-refractivity contribution in [1.82, 2.24) is 0 Å². The van der Waals surface area contributed by atoms with Crippen LogP contribution < -0.4 is 0 Å². The van der Waals surface area contributed by atoms with Crippen molar-refractivity contribution in [3.8, 4) is 0 Å². The van der Waals surface area contributed by atoms with Crippen molar-refractivity contribution in [2.24, 2.45) is 0 Å². The van der Waals surface area contributed by atoms with Crippen LogP contribution in [0.15, 0.2) is 0 Å². The summed E-state index contributed by atoms with van der Waals surface area (Å²) in [6.45, 7) is 6.06. The zero-order valence-electron chi connectivity index (χ0n) is 7.96. The van der Waals surface area contributed by atoms with Gasteiger partial charge in [0.05, 0.1) is 0 Å². The van der Waals surface area contributed by atoms with Gasteiger partial charge in [0, 0.05) is 19.8 Å². The molecule has 4 heteroatoms. The van der Waals surface area contributed by atoms with Crippen molar-refractivity contribution >= 4 is 0 Å². The topological polar surface area (TPSA) is 47.6 Å². The monoisotopic (exact) mass is 177 g/mol. The summed E-state index contributed by atoms with van der Waals surface area (Å²) < 4.78 is 15.3. The first-order valence-corrected chi connectivity index (χ1v) is 4.24. The smallest absolute Gasteiger partial charge is 0.311 e. The summed E-state index contributed by atoms with van der Waals surface area (Å²) >= 11 is 0. The minimum atomic E-state index is -1.36. The van der Waals surface area contributed by atoms with Crippen molar-refractivity contribution < 1.29 is 19.3 Å². The highest BCUT2D eigenvalue weighted by molar-refractivity contribution is 4.53. The van der Waals surface area contributed by atoms with Gasteiger partial charge < -0.3 is 14.2 Å². The summed E-state index contributed by atoms with van der Waals surface area (Å²) in [6, 6.07) is 0. The lowest BCUT2D eigenvalue weighted by molar-refractivity contribution is -0.392. The normalized spacial score (nSPS) is 12.0. The third kappa shape index (κ3) is 3.49. The molecule has 0 fully saturated rings. The molecule has 0 aliphatic heterocycles. The van der Waals surface area contributed by atoms with Gasteiger partial charge in [-0.2, -0.15) is 0 Å². The number of rotatable bonds is 7. The van der Waals surface area contributed by atoms with E-state index in [-0.39, 0.29) is 0 Å². The maximum Gasteiger partial charge on any atom is 0.311 e. The van der Waals surface area contributed by atoms with E-state index in [4.69, 9.17) is 14.2 Å². The minimum absolute atomic E-state index is 0.405. The Balaban J connectivity index is 4.06. The largest absolute Gasteiger partial charge is 0.326 e. The fourth-order valence-corrected chi connectivity index (χ4v) is 0.910. The summed E-state index contributed by atoms with van der Waals surface area (Å²) in [5.74, 6) is -1.36. The molecule has 0 atom stereocenters. The molecular formula is C8H17O4. The molecule has 0 aromatic rings. The van der Waals surface area contributed by atoms with Gasteiger partial charge in [-0.1, -0.05) is 0 Å². The molecule has 0 unspecified atom stereocenters. The van der Waals surface area contributed by atoms with E-state index in [9.17, 15) is 5.11 Å². The average molecular weight is 177 g/mol. The SMILES string of the molecule is CCOC(C[O])(OCC)OCC. The molecule has 0 N–H and O–H groups in total. The van der Waals surface area contributed by atoms with E-state index in [1.807, 2.05) is 0 Å². The molecular weight excluding hydrogens is 160 g/mol. The second kappa shape index (κ2) is 6.37. The maximum atomic E-state index is 10.7. The molecule has 0 amide bonds. The minimum Gasteiger partial charge on any atom is -0.326 e. The van der Waals surface area contributed by atoms with Crippen LogP contribution in [-0.2, 0) is 19.3 Å². The van der Waals surface area contributed by atoms with Gasteiger partial charge in [0.15, 0.2) is 6.61 Å². The van der Waals surface area contributed by atoms with Crippen molar-refractivity contribution in [2.45, 2.75) is 26.7 Å². The van der Waals surface area contributed by atoms with Gasteiger partial charge in [0.1, 0.15) is 0 Å². The highest BCUT2D eigenvalue weighted by Crippen LogP contribution is 2.14. The van der Waals surface area contributed by atoms with Crippen LogP contribution in [0.5, 0.6) is 0 Å². The van der Waals surface area contributed by atoms with Crippen LogP contribution in [0.4, 0.5) is 0 Å². The number of ether oxygens (including phenoxy) is 3. The van der Waals surface area contributed by atoms with E-state index in [0.29, 0.717) is 19.8 Å². The average Bonchev–Trinajstić information content (AvgIpc) is 2.06. The van der Waals surface area contributed by atoms with E-state index >= 15 is 0 Å². The summed E-state index contributed by atoms with van der Waals surface area (Å²) in [5.41, 5.74) is 0. The lowest BCUT2D eigenvalue weighted by Crippen LogP contribution is -2.42. The number of hydrogen-bond donors (Lipinski definition) is 0. The Kier molecular flexibility index (Phi) is 6.28. The molecule has 0 aliphatic carbocycles. The summed E-state index contributed by atoms with van der Waals surface area (Å²) in [5, 5.41) is 10.7. The predicted octanol–water partition coefficient (Wildman–Crippen LogP) is 1.18. The van der Waals surface area contributed by atoms with Crippen molar-refractivity contribution in [3.05, 3.63) is 0 Å². The predicted molar refractivity (Wildman–Crippen MR) is 43.2 cm³/mol. The zero-order chi connectivity index (χ0) is 9.45. The molecule has 1 radical (unpaired) electrons. The number of hydrogen-bond acceptors (Lipinski definition) is 3. The molecule has 0 saturated carbocycles. The highest BCUT2D eigenvalue weighted by atomic mass is 16.9.